The largest absolute Gasteiger partial charge is 0.443 e. The zero-order chi connectivity index (χ0) is 13.8. The van der Waals surface area contributed by atoms with E-state index < -0.39 is 18.0 Å². The number of thiophene rings is 1. The number of benzene rings is 1. The van der Waals surface area contributed by atoms with Crippen molar-refractivity contribution in [3.8, 4) is 0 Å². The molecule has 0 bridgehead atoms. The highest BCUT2D eigenvalue weighted by molar-refractivity contribution is 9.11. The number of rotatable bonds is 4. The molecule has 98 valence electrons. The van der Waals surface area contributed by atoms with Crippen LogP contribution in [-0.2, 0) is 9.53 Å². The van der Waals surface area contributed by atoms with Crippen LogP contribution in [0.1, 0.15) is 21.3 Å². The van der Waals surface area contributed by atoms with Crippen LogP contribution in [0, 0.1) is 0 Å². The number of hydrogen-bond donors (Lipinski definition) is 1. The van der Waals surface area contributed by atoms with Gasteiger partial charge in [-0.15, -0.1) is 11.3 Å². The minimum Gasteiger partial charge on any atom is -0.443 e. The van der Waals surface area contributed by atoms with Gasteiger partial charge in [-0.05, 0) is 28.1 Å². The molecule has 2 aromatic rings. The molecule has 2 N–H and O–H groups in total. The molecule has 1 amide bonds. The van der Waals surface area contributed by atoms with E-state index in [2.05, 4.69) is 15.9 Å². The molecule has 1 aromatic heterocycles. The molecule has 0 aliphatic heterocycles. The molecule has 0 spiro atoms. The molecule has 0 aliphatic rings. The number of ether oxygens (including phenoxy) is 1. The van der Waals surface area contributed by atoms with E-state index >= 15 is 0 Å². The summed E-state index contributed by atoms with van der Waals surface area (Å²) in [5.74, 6) is -1.27. The van der Waals surface area contributed by atoms with Gasteiger partial charge in [0.25, 0.3) is 5.91 Å². The van der Waals surface area contributed by atoms with Gasteiger partial charge in [0.2, 0.25) is 6.10 Å². The van der Waals surface area contributed by atoms with Gasteiger partial charge >= 0.3 is 5.97 Å². The van der Waals surface area contributed by atoms with Crippen LogP contribution in [0.4, 0.5) is 0 Å². The molecule has 1 aromatic carbocycles. The smallest absolute Gasteiger partial charge is 0.349 e. The lowest BCUT2D eigenvalue weighted by atomic mass is 10.1. The molecule has 1 atom stereocenters. The number of esters is 1. The number of hydrogen-bond acceptors (Lipinski definition) is 4. The van der Waals surface area contributed by atoms with E-state index in [0.29, 0.717) is 10.4 Å². The number of amides is 1. The topological polar surface area (TPSA) is 69.4 Å². The van der Waals surface area contributed by atoms with Gasteiger partial charge < -0.3 is 10.5 Å². The van der Waals surface area contributed by atoms with Crippen LogP contribution in [0.25, 0.3) is 0 Å². The molecule has 6 heteroatoms. The summed E-state index contributed by atoms with van der Waals surface area (Å²) in [5, 5.41) is 0. The van der Waals surface area contributed by atoms with Gasteiger partial charge in [-0.1, -0.05) is 30.3 Å². The van der Waals surface area contributed by atoms with E-state index in [1.807, 2.05) is 0 Å². The first kappa shape index (κ1) is 13.8. The summed E-state index contributed by atoms with van der Waals surface area (Å²) in [4.78, 5) is 23.7. The molecule has 0 saturated carbocycles. The van der Waals surface area contributed by atoms with Crippen molar-refractivity contribution in [2.75, 3.05) is 0 Å². The van der Waals surface area contributed by atoms with Crippen LogP contribution >= 0.6 is 27.3 Å². The van der Waals surface area contributed by atoms with E-state index in [1.165, 1.54) is 11.3 Å². The maximum Gasteiger partial charge on any atom is 0.349 e. The third-order valence-corrected chi connectivity index (χ3v) is 3.96. The van der Waals surface area contributed by atoms with Gasteiger partial charge in [0.15, 0.2) is 0 Å². The number of nitrogens with two attached hydrogens (primary N) is 1. The summed E-state index contributed by atoms with van der Waals surface area (Å²) >= 11 is 4.49. The van der Waals surface area contributed by atoms with E-state index in [9.17, 15) is 9.59 Å². The van der Waals surface area contributed by atoms with E-state index in [-0.39, 0.29) is 0 Å². The number of primary amides is 1. The Hall–Kier alpha value is -1.66. The van der Waals surface area contributed by atoms with Crippen LogP contribution in [0.5, 0.6) is 0 Å². The first-order valence-corrected chi connectivity index (χ1v) is 6.99. The minimum atomic E-state index is -1.07. The normalized spacial score (nSPS) is 11.8. The standard InChI is InChI=1S/C13H10BrNO3S/c14-10-7-6-9(19-10)13(17)18-11(12(15)16)8-4-2-1-3-5-8/h1-7,11H,(H2,15,16). The number of halogens is 1. The monoisotopic (exact) mass is 339 g/mol. The van der Waals surface area contributed by atoms with Crippen LogP contribution < -0.4 is 5.73 Å². The Bertz CT molecular complexity index is 597. The zero-order valence-electron chi connectivity index (χ0n) is 9.71. The molecule has 0 radical (unpaired) electrons. The predicted molar refractivity (Wildman–Crippen MR) is 75.8 cm³/mol. The van der Waals surface area contributed by atoms with Crippen molar-refractivity contribution in [3.05, 3.63) is 56.7 Å². The fourth-order valence-electron chi connectivity index (χ4n) is 1.51. The van der Waals surface area contributed by atoms with Crippen molar-refractivity contribution in [3.63, 3.8) is 0 Å². The Kier molecular flexibility index (Phi) is 4.34. The first-order valence-electron chi connectivity index (χ1n) is 5.38. The molecule has 1 heterocycles. The Morgan fingerprint density at radius 2 is 1.84 bits per heavy atom. The van der Waals surface area contributed by atoms with E-state index in [4.69, 9.17) is 10.5 Å². The van der Waals surface area contributed by atoms with Crippen LogP contribution in [0.3, 0.4) is 0 Å². The summed E-state index contributed by atoms with van der Waals surface area (Å²) in [7, 11) is 0. The predicted octanol–water partition coefficient (Wildman–Crippen LogP) is 2.89. The van der Waals surface area contributed by atoms with E-state index in [0.717, 1.165) is 3.79 Å². The fraction of sp³-hybridized carbons (Fsp3) is 0.0769. The van der Waals surface area contributed by atoms with Gasteiger partial charge in [0.1, 0.15) is 4.88 Å². The highest BCUT2D eigenvalue weighted by Crippen LogP contribution is 2.25. The van der Waals surface area contributed by atoms with Crippen LogP contribution in [0.2, 0.25) is 0 Å². The van der Waals surface area contributed by atoms with Crippen LogP contribution in [0.15, 0.2) is 46.3 Å². The lowest BCUT2D eigenvalue weighted by Crippen LogP contribution is -2.26. The van der Waals surface area contributed by atoms with Crippen molar-refractivity contribution in [2.45, 2.75) is 6.10 Å². The maximum absolute atomic E-state index is 11.9. The van der Waals surface area contributed by atoms with Gasteiger partial charge in [0.05, 0.1) is 3.79 Å². The van der Waals surface area contributed by atoms with Gasteiger partial charge in [0, 0.05) is 5.56 Å². The Balaban J connectivity index is 2.18. The van der Waals surface area contributed by atoms with Crippen LogP contribution in [-0.4, -0.2) is 11.9 Å². The Morgan fingerprint density at radius 3 is 2.37 bits per heavy atom. The fourth-order valence-corrected chi connectivity index (χ4v) is 2.78. The quantitative estimate of drug-likeness (QED) is 0.870. The lowest BCUT2D eigenvalue weighted by Gasteiger charge is -2.14. The lowest BCUT2D eigenvalue weighted by molar-refractivity contribution is -0.127. The number of carbonyl (C=O) groups excluding carboxylic acids is 2. The third kappa shape index (κ3) is 3.42. The number of carbonyl (C=O) groups is 2. The summed E-state index contributed by atoms with van der Waals surface area (Å²) in [6.07, 6.45) is -1.07. The second-order valence-electron chi connectivity index (χ2n) is 3.70. The molecule has 0 fully saturated rings. The van der Waals surface area contributed by atoms with Crippen molar-refractivity contribution in [1.29, 1.82) is 0 Å². The summed E-state index contributed by atoms with van der Waals surface area (Å²) in [6, 6.07) is 12.0. The summed E-state index contributed by atoms with van der Waals surface area (Å²) in [6.45, 7) is 0. The molecule has 0 aliphatic carbocycles. The highest BCUT2D eigenvalue weighted by Gasteiger charge is 2.23. The van der Waals surface area contributed by atoms with E-state index in [1.54, 1.807) is 42.5 Å². The molecule has 19 heavy (non-hydrogen) atoms. The average Bonchev–Trinajstić information content (AvgIpc) is 2.83. The third-order valence-electron chi connectivity index (χ3n) is 2.36. The van der Waals surface area contributed by atoms with Gasteiger partial charge in [-0.25, -0.2) is 4.79 Å². The SMILES string of the molecule is NC(=O)C(OC(=O)c1ccc(Br)s1)c1ccccc1. The van der Waals surface area contributed by atoms with Crippen molar-refractivity contribution in [1.82, 2.24) is 0 Å². The Labute approximate surface area is 122 Å². The molecule has 1 unspecified atom stereocenters. The highest BCUT2D eigenvalue weighted by atomic mass is 79.9. The molecular weight excluding hydrogens is 330 g/mol. The zero-order valence-corrected chi connectivity index (χ0v) is 12.1. The average molecular weight is 340 g/mol. The summed E-state index contributed by atoms with van der Waals surface area (Å²) in [5.41, 5.74) is 5.83. The van der Waals surface area contributed by atoms with Crippen molar-refractivity contribution < 1.29 is 14.3 Å². The minimum absolute atomic E-state index is 0.411. The second-order valence-corrected chi connectivity index (χ2v) is 6.17. The maximum atomic E-state index is 11.9. The molecule has 2 rings (SSSR count). The molecule has 0 saturated heterocycles. The van der Waals surface area contributed by atoms with Crippen molar-refractivity contribution >= 4 is 39.1 Å². The summed E-state index contributed by atoms with van der Waals surface area (Å²) < 4.78 is 5.99. The van der Waals surface area contributed by atoms with Gasteiger partial charge in [-0.2, -0.15) is 0 Å². The molecular formula is C13H10BrNO3S. The van der Waals surface area contributed by atoms with Crippen molar-refractivity contribution in [2.24, 2.45) is 5.73 Å². The second kappa shape index (κ2) is 5.99. The molecule has 4 nitrogen and oxygen atoms in total. The Morgan fingerprint density at radius 1 is 1.16 bits per heavy atom. The van der Waals surface area contributed by atoms with Gasteiger partial charge in [-0.3, -0.25) is 4.79 Å². The first-order chi connectivity index (χ1) is 9.08.